The zero-order valence-electron chi connectivity index (χ0n) is 18.4. The van der Waals surface area contributed by atoms with Gasteiger partial charge in [0.25, 0.3) is 0 Å². The van der Waals surface area contributed by atoms with Crippen molar-refractivity contribution in [2.24, 2.45) is 0 Å². The minimum absolute atomic E-state index is 0.326. The summed E-state index contributed by atoms with van der Waals surface area (Å²) in [6.07, 6.45) is 2.44. The van der Waals surface area contributed by atoms with Crippen LogP contribution in [0.5, 0.6) is 0 Å². The first-order valence-corrected chi connectivity index (χ1v) is 15.7. The smallest absolute Gasteiger partial charge is 0.0633 e. The third kappa shape index (κ3) is 2.87. The Kier molecular flexibility index (Phi) is 4.57. The monoisotopic (exact) mass is 454 g/mol. The molecule has 3 aromatic rings. The van der Waals surface area contributed by atoms with Crippen LogP contribution in [-0.2, 0) is 0 Å². The van der Waals surface area contributed by atoms with Gasteiger partial charge in [-0.05, 0) is 74.7 Å². The van der Waals surface area contributed by atoms with Gasteiger partial charge in [-0.25, -0.2) is 0 Å². The molecule has 0 amide bonds. The molecule has 2 heterocycles. The summed E-state index contributed by atoms with van der Waals surface area (Å²) in [5.41, 5.74) is 8.85. The van der Waals surface area contributed by atoms with E-state index in [2.05, 4.69) is 105 Å². The van der Waals surface area contributed by atoms with E-state index in [0.29, 0.717) is 11.2 Å². The first-order valence-electron chi connectivity index (χ1n) is 11.1. The Morgan fingerprint density at radius 2 is 1.61 bits per heavy atom. The van der Waals surface area contributed by atoms with Crippen molar-refractivity contribution in [3.8, 4) is 0 Å². The van der Waals surface area contributed by atoms with Gasteiger partial charge in [0.1, 0.15) is 0 Å². The molecule has 3 heteroatoms. The lowest BCUT2D eigenvalue weighted by molar-refractivity contribution is 1.06. The summed E-state index contributed by atoms with van der Waals surface area (Å²) in [5.74, 6) is 0.326. The van der Waals surface area contributed by atoms with Gasteiger partial charge in [0.2, 0.25) is 0 Å². The van der Waals surface area contributed by atoms with Crippen LogP contribution in [-0.4, -0.2) is 14.0 Å². The molecule has 0 N–H and O–H groups in total. The first kappa shape index (κ1) is 19.6. The molecule has 31 heavy (non-hydrogen) atoms. The molecule has 0 bridgehead atoms. The van der Waals surface area contributed by atoms with Gasteiger partial charge < -0.3 is 0 Å². The van der Waals surface area contributed by atoms with Crippen LogP contribution >= 0.6 is 23.1 Å². The Morgan fingerprint density at radius 1 is 0.871 bits per heavy atom. The minimum Gasteiger partial charge on any atom is -0.141 e. The van der Waals surface area contributed by atoms with E-state index in [1.54, 1.807) is 26.1 Å². The summed E-state index contributed by atoms with van der Waals surface area (Å²) in [5, 5.41) is 3.87. The van der Waals surface area contributed by atoms with Crippen LogP contribution in [0.15, 0.2) is 71.1 Å². The van der Waals surface area contributed by atoms with Crippen molar-refractivity contribution in [1.82, 2.24) is 0 Å². The van der Waals surface area contributed by atoms with Gasteiger partial charge in [0, 0.05) is 15.3 Å². The quantitative estimate of drug-likeness (QED) is 0.429. The molecule has 2 aromatic carbocycles. The molecule has 0 spiro atoms. The predicted molar refractivity (Wildman–Crippen MR) is 142 cm³/mol. The number of hydrogen-bond donors (Lipinski definition) is 0. The fourth-order valence-corrected chi connectivity index (χ4v) is 11.4. The zero-order chi connectivity index (χ0) is 21.3. The van der Waals surface area contributed by atoms with E-state index in [0.717, 1.165) is 0 Å². The molecule has 6 rings (SSSR count). The molecule has 2 atom stereocenters. The van der Waals surface area contributed by atoms with E-state index >= 15 is 0 Å². The number of thiophene rings is 1. The fraction of sp³-hybridized carbons (Fsp3) is 0.214. The highest BCUT2D eigenvalue weighted by molar-refractivity contribution is 8.05. The number of aryl methyl sites for hydroxylation is 1. The van der Waals surface area contributed by atoms with Crippen molar-refractivity contribution >= 4 is 54.3 Å². The van der Waals surface area contributed by atoms with Crippen LogP contribution in [0.1, 0.15) is 34.4 Å². The number of allylic oxidation sites excluding steroid dienone is 3. The van der Waals surface area contributed by atoms with Crippen molar-refractivity contribution in [2.45, 2.75) is 38.1 Å². The lowest BCUT2D eigenvalue weighted by atomic mass is 9.81. The number of hydrogen-bond acceptors (Lipinski definition) is 2. The summed E-state index contributed by atoms with van der Waals surface area (Å²) >= 11 is 4.15. The molecular formula is C28H26S2Si. The molecule has 0 fully saturated rings. The molecule has 0 saturated heterocycles. The van der Waals surface area contributed by atoms with Crippen molar-refractivity contribution in [3.05, 3.63) is 102 Å². The van der Waals surface area contributed by atoms with Crippen LogP contribution in [0.4, 0.5) is 0 Å². The van der Waals surface area contributed by atoms with Gasteiger partial charge in [0.15, 0.2) is 0 Å². The summed E-state index contributed by atoms with van der Waals surface area (Å²) in [4.78, 5) is 2.97. The van der Waals surface area contributed by atoms with E-state index in [1.807, 2.05) is 11.3 Å². The number of fused-ring (bicyclic) bond motifs is 3. The van der Waals surface area contributed by atoms with Crippen LogP contribution in [0, 0.1) is 6.92 Å². The lowest BCUT2D eigenvalue weighted by Gasteiger charge is -2.22. The van der Waals surface area contributed by atoms with Gasteiger partial charge >= 0.3 is 0 Å². The van der Waals surface area contributed by atoms with Gasteiger partial charge in [0.05, 0.1) is 14.0 Å². The highest BCUT2D eigenvalue weighted by Crippen LogP contribution is 2.57. The minimum atomic E-state index is -0.907. The predicted octanol–water partition coefficient (Wildman–Crippen LogP) is 6.12. The van der Waals surface area contributed by atoms with Crippen LogP contribution in [0.2, 0.25) is 13.1 Å². The Labute approximate surface area is 194 Å². The molecule has 2 unspecified atom stereocenters. The standard InChI is InChI=1S/C28H26S2Si/c1-16-14-22-25-23(17(2)30-27(25)28(31(3)4)26(22)29-16)24-20-13-9-8-12-19(20)15-21(24)18-10-6-5-7-11-18/h5-15,24,27,31H,1-4H3. The van der Waals surface area contributed by atoms with Crippen molar-refractivity contribution in [2.75, 3.05) is 0 Å². The van der Waals surface area contributed by atoms with Crippen molar-refractivity contribution in [1.29, 1.82) is 0 Å². The van der Waals surface area contributed by atoms with Gasteiger partial charge in [-0.3, -0.25) is 0 Å². The second-order valence-corrected chi connectivity index (χ2v) is 14.6. The average molecular weight is 455 g/mol. The van der Waals surface area contributed by atoms with Crippen molar-refractivity contribution in [3.63, 3.8) is 0 Å². The van der Waals surface area contributed by atoms with Gasteiger partial charge in [-0.2, -0.15) is 0 Å². The second-order valence-electron chi connectivity index (χ2n) is 9.12. The molecule has 3 aliphatic rings. The van der Waals surface area contributed by atoms with Crippen molar-refractivity contribution < 1.29 is 0 Å². The highest BCUT2D eigenvalue weighted by Gasteiger charge is 2.42. The highest BCUT2D eigenvalue weighted by atomic mass is 32.2. The van der Waals surface area contributed by atoms with E-state index < -0.39 is 8.80 Å². The largest absolute Gasteiger partial charge is 0.141 e. The Morgan fingerprint density at radius 3 is 2.39 bits per heavy atom. The summed E-state index contributed by atoms with van der Waals surface area (Å²) in [6.45, 7) is 9.65. The SMILES string of the molecule is CC1=C(C2C(c3ccccc3)=Cc3ccccc32)C2=c3cc(C)sc3=C([SiH](C)C)C2S1. The maximum atomic E-state index is 2.51. The summed E-state index contributed by atoms with van der Waals surface area (Å²) < 4.78 is 1.60. The summed E-state index contributed by atoms with van der Waals surface area (Å²) in [7, 11) is -0.907. The molecular weight excluding hydrogens is 429 g/mol. The maximum absolute atomic E-state index is 2.51. The Balaban J connectivity index is 1.62. The molecule has 0 radical (unpaired) electrons. The van der Waals surface area contributed by atoms with E-state index in [9.17, 15) is 0 Å². The third-order valence-electron chi connectivity index (χ3n) is 6.86. The molecule has 0 saturated carbocycles. The fourth-order valence-electron chi connectivity index (χ4n) is 5.62. The van der Waals surface area contributed by atoms with E-state index in [1.165, 1.54) is 32.0 Å². The van der Waals surface area contributed by atoms with Crippen LogP contribution in [0.3, 0.4) is 0 Å². The Bertz CT molecular complexity index is 1400. The zero-order valence-corrected chi connectivity index (χ0v) is 21.2. The normalized spacial score (nSPS) is 21.6. The molecule has 0 nitrogen and oxygen atoms in total. The Hall–Kier alpha value is -2.07. The molecule has 154 valence electrons. The number of rotatable bonds is 3. The van der Waals surface area contributed by atoms with Crippen LogP contribution in [0.25, 0.3) is 22.4 Å². The van der Waals surface area contributed by atoms with E-state index in [4.69, 9.17) is 0 Å². The average Bonchev–Trinajstić information content (AvgIpc) is 3.46. The van der Waals surface area contributed by atoms with Gasteiger partial charge in [-0.1, -0.05) is 67.7 Å². The van der Waals surface area contributed by atoms with Gasteiger partial charge in [-0.15, -0.1) is 23.1 Å². The maximum Gasteiger partial charge on any atom is 0.0633 e. The molecule has 1 aromatic heterocycles. The molecule has 1 aliphatic heterocycles. The topological polar surface area (TPSA) is 0 Å². The number of thioether (sulfide) groups is 1. The van der Waals surface area contributed by atoms with Crippen LogP contribution < -0.4 is 9.75 Å². The van der Waals surface area contributed by atoms with E-state index in [-0.39, 0.29) is 0 Å². The second kappa shape index (κ2) is 7.23. The third-order valence-corrected chi connectivity index (χ3v) is 11.6. The molecule has 2 aliphatic carbocycles. The first-order chi connectivity index (χ1) is 15.0. The number of benzene rings is 2. The lowest BCUT2D eigenvalue weighted by Crippen LogP contribution is -2.22. The summed E-state index contributed by atoms with van der Waals surface area (Å²) in [6, 6.07) is 22.5.